The lowest BCUT2D eigenvalue weighted by atomic mass is 10.1. The number of nitrogens with zero attached hydrogens (tertiary/aromatic N) is 4. The molecule has 2 fully saturated rings. The molecule has 0 aliphatic carbocycles. The highest BCUT2D eigenvalue weighted by Crippen LogP contribution is 2.23. The molecule has 2 aliphatic rings. The minimum absolute atomic E-state index is 0.174. The predicted octanol–water partition coefficient (Wildman–Crippen LogP) is 0.959. The first-order valence-corrected chi connectivity index (χ1v) is 7.44. The van der Waals surface area contributed by atoms with Gasteiger partial charge in [0, 0.05) is 32.7 Å². The summed E-state index contributed by atoms with van der Waals surface area (Å²) in [5.41, 5.74) is 0. The van der Waals surface area contributed by atoms with Gasteiger partial charge in [-0.1, -0.05) is 6.92 Å². The summed E-state index contributed by atoms with van der Waals surface area (Å²) in [6.07, 6.45) is 1.84. The van der Waals surface area contributed by atoms with Gasteiger partial charge < -0.3 is 19.3 Å². The van der Waals surface area contributed by atoms with Crippen LogP contribution in [0.3, 0.4) is 0 Å². The van der Waals surface area contributed by atoms with Crippen molar-refractivity contribution in [3.05, 3.63) is 10.1 Å². The number of methoxy groups -OCH3 is 1. The van der Waals surface area contributed by atoms with E-state index in [-0.39, 0.29) is 12.3 Å². The highest BCUT2D eigenvalue weighted by atomic mass is 16.7. The molecule has 2 saturated heterocycles. The molecule has 120 valence electrons. The topological polar surface area (TPSA) is 80.4 Å². The summed E-state index contributed by atoms with van der Waals surface area (Å²) < 4.78 is 11.0. The summed E-state index contributed by atoms with van der Waals surface area (Å²) in [6, 6.07) is 0. The minimum Gasteiger partial charge on any atom is -0.378 e. The molecule has 0 radical (unpaired) electrons. The highest BCUT2D eigenvalue weighted by Gasteiger charge is 2.36. The molecule has 3 atom stereocenters. The van der Waals surface area contributed by atoms with Gasteiger partial charge in [-0.3, -0.25) is 0 Å². The third-order valence-electron chi connectivity index (χ3n) is 4.05. The van der Waals surface area contributed by atoms with Crippen molar-refractivity contribution in [2.75, 3.05) is 33.4 Å². The van der Waals surface area contributed by atoms with Crippen molar-refractivity contribution in [2.24, 2.45) is 11.0 Å². The summed E-state index contributed by atoms with van der Waals surface area (Å²) in [5.74, 6) is 0.813. The molecule has 0 aromatic carbocycles. The van der Waals surface area contributed by atoms with E-state index in [2.05, 4.69) is 12.0 Å². The van der Waals surface area contributed by atoms with Gasteiger partial charge in [0.2, 0.25) is 0 Å². The van der Waals surface area contributed by atoms with E-state index in [1.54, 1.807) is 7.11 Å². The van der Waals surface area contributed by atoms with Crippen LogP contribution in [0.1, 0.15) is 26.7 Å². The summed E-state index contributed by atoms with van der Waals surface area (Å²) in [4.78, 5) is 14.7. The van der Waals surface area contributed by atoms with Crippen LogP contribution in [0.25, 0.3) is 0 Å². The number of ether oxygens (including phenoxy) is 2. The fourth-order valence-electron chi connectivity index (χ4n) is 3.11. The van der Waals surface area contributed by atoms with Crippen molar-refractivity contribution in [1.29, 1.82) is 0 Å². The maximum atomic E-state index is 10.8. The largest absolute Gasteiger partial charge is 0.378 e. The first kappa shape index (κ1) is 16.0. The first-order chi connectivity index (χ1) is 10.0. The van der Waals surface area contributed by atoms with Crippen LogP contribution in [0.5, 0.6) is 0 Å². The van der Waals surface area contributed by atoms with Gasteiger partial charge >= 0.3 is 0 Å². The highest BCUT2D eigenvalue weighted by molar-refractivity contribution is 5.81. The van der Waals surface area contributed by atoms with Crippen LogP contribution in [0.15, 0.2) is 5.10 Å². The number of guanidine groups is 1. The molecule has 0 saturated carbocycles. The second-order valence-corrected chi connectivity index (χ2v) is 5.62. The van der Waals surface area contributed by atoms with E-state index < -0.39 is 5.03 Å². The molecule has 0 amide bonds. The number of nitro groups is 1. The average Bonchev–Trinajstić information content (AvgIpc) is 3.00. The van der Waals surface area contributed by atoms with Gasteiger partial charge in [0.15, 0.2) is 5.03 Å². The quantitative estimate of drug-likeness (QED) is 0.537. The van der Waals surface area contributed by atoms with Crippen LogP contribution in [0, 0.1) is 16.0 Å². The van der Waals surface area contributed by atoms with Crippen molar-refractivity contribution in [3.63, 3.8) is 0 Å². The van der Waals surface area contributed by atoms with E-state index >= 15 is 0 Å². The Morgan fingerprint density at radius 1 is 1.57 bits per heavy atom. The summed E-state index contributed by atoms with van der Waals surface area (Å²) in [7, 11) is 1.62. The Bertz CT molecular complexity index is 400. The van der Waals surface area contributed by atoms with E-state index in [1.807, 2.05) is 16.7 Å². The standard InChI is InChI=1S/C13H24N4O4/c1-4-12(20-3)16-6-5-15(13(16)14-17(18)19)8-11-7-10(2)21-9-11/h10-12H,4-9H2,1-3H3. The van der Waals surface area contributed by atoms with Crippen molar-refractivity contribution in [3.8, 4) is 0 Å². The number of hydrogen-bond acceptors (Lipinski definition) is 4. The second-order valence-electron chi connectivity index (χ2n) is 5.62. The zero-order chi connectivity index (χ0) is 15.4. The first-order valence-electron chi connectivity index (χ1n) is 7.44. The maximum Gasteiger partial charge on any atom is 0.276 e. The monoisotopic (exact) mass is 300 g/mol. The van der Waals surface area contributed by atoms with Crippen molar-refractivity contribution in [1.82, 2.24) is 9.80 Å². The zero-order valence-corrected chi connectivity index (χ0v) is 12.9. The van der Waals surface area contributed by atoms with Gasteiger partial charge in [-0.15, -0.1) is 0 Å². The van der Waals surface area contributed by atoms with E-state index in [1.165, 1.54) is 0 Å². The van der Waals surface area contributed by atoms with E-state index in [9.17, 15) is 10.1 Å². The Hall–Kier alpha value is -1.41. The van der Waals surface area contributed by atoms with Crippen LogP contribution < -0.4 is 0 Å². The third-order valence-corrected chi connectivity index (χ3v) is 4.05. The van der Waals surface area contributed by atoms with Crippen molar-refractivity contribution >= 4 is 5.96 Å². The molecule has 0 aromatic rings. The van der Waals surface area contributed by atoms with E-state index in [4.69, 9.17) is 9.47 Å². The van der Waals surface area contributed by atoms with Gasteiger partial charge in [-0.2, -0.15) is 0 Å². The number of hydrogen-bond donors (Lipinski definition) is 0. The van der Waals surface area contributed by atoms with Gasteiger partial charge in [0.25, 0.3) is 5.96 Å². The van der Waals surface area contributed by atoms with Crippen LogP contribution in [0.2, 0.25) is 0 Å². The van der Waals surface area contributed by atoms with Gasteiger partial charge in [0.1, 0.15) is 11.3 Å². The Balaban J connectivity index is 2.08. The molecule has 8 nitrogen and oxygen atoms in total. The molecular formula is C13H24N4O4. The van der Waals surface area contributed by atoms with Crippen LogP contribution in [0.4, 0.5) is 0 Å². The second kappa shape index (κ2) is 7.04. The Morgan fingerprint density at radius 3 is 2.86 bits per heavy atom. The molecule has 21 heavy (non-hydrogen) atoms. The summed E-state index contributed by atoms with van der Waals surface area (Å²) >= 11 is 0. The van der Waals surface area contributed by atoms with E-state index in [0.717, 1.165) is 25.9 Å². The van der Waals surface area contributed by atoms with Crippen molar-refractivity contribution in [2.45, 2.75) is 39.0 Å². The summed E-state index contributed by atoms with van der Waals surface area (Å²) in [5, 5.41) is 13.8. The Labute approximate surface area is 124 Å². The van der Waals surface area contributed by atoms with Gasteiger partial charge in [-0.25, -0.2) is 10.1 Å². The Morgan fingerprint density at radius 2 is 2.33 bits per heavy atom. The van der Waals surface area contributed by atoms with Gasteiger partial charge in [0.05, 0.1) is 12.7 Å². The molecular weight excluding hydrogens is 276 g/mol. The molecule has 0 aromatic heterocycles. The number of rotatable bonds is 6. The molecule has 0 spiro atoms. The van der Waals surface area contributed by atoms with Crippen LogP contribution >= 0.6 is 0 Å². The molecule has 2 rings (SSSR count). The molecule has 2 heterocycles. The molecule has 3 unspecified atom stereocenters. The van der Waals surface area contributed by atoms with Crippen molar-refractivity contribution < 1.29 is 14.5 Å². The maximum absolute atomic E-state index is 10.8. The number of hydrazone groups is 1. The zero-order valence-electron chi connectivity index (χ0n) is 12.9. The molecule has 0 N–H and O–H groups in total. The lowest BCUT2D eigenvalue weighted by Gasteiger charge is -2.27. The minimum atomic E-state index is -0.628. The lowest BCUT2D eigenvalue weighted by molar-refractivity contribution is -0.486. The predicted molar refractivity (Wildman–Crippen MR) is 77.3 cm³/mol. The molecule has 8 heteroatoms. The van der Waals surface area contributed by atoms with E-state index in [0.29, 0.717) is 25.0 Å². The molecule has 0 bridgehead atoms. The third kappa shape index (κ3) is 3.82. The summed E-state index contributed by atoms with van der Waals surface area (Å²) in [6.45, 7) is 6.94. The SMILES string of the molecule is CCC(OC)N1CCN(CC2COC(C)C2)C1=N[N+](=O)[O-]. The molecule has 2 aliphatic heterocycles. The average molecular weight is 300 g/mol. The van der Waals surface area contributed by atoms with Crippen LogP contribution in [-0.4, -0.2) is 66.5 Å². The Kier molecular flexibility index (Phi) is 5.35. The van der Waals surface area contributed by atoms with Crippen LogP contribution in [-0.2, 0) is 9.47 Å². The lowest BCUT2D eigenvalue weighted by Crippen LogP contribution is -2.43. The fourth-order valence-corrected chi connectivity index (χ4v) is 3.11. The fraction of sp³-hybridized carbons (Fsp3) is 0.923. The smallest absolute Gasteiger partial charge is 0.276 e. The normalized spacial score (nSPS) is 29.4. The van der Waals surface area contributed by atoms with Gasteiger partial charge in [-0.05, 0) is 19.8 Å².